The summed E-state index contributed by atoms with van der Waals surface area (Å²) in [4.78, 5) is 23.9. The van der Waals surface area contributed by atoms with E-state index in [1.807, 2.05) is 23.6 Å². The van der Waals surface area contributed by atoms with Gasteiger partial charge in [-0.05, 0) is 72.6 Å². The summed E-state index contributed by atoms with van der Waals surface area (Å²) in [7, 11) is 0. The Labute approximate surface area is 238 Å². The number of carbonyl (C=O) groups excluding carboxylic acids is 1. The molecular formula is C31H37FN6OS. The fraction of sp³-hybridized carbons (Fsp3) is 0.516. The molecule has 1 saturated heterocycles. The molecule has 7 nitrogen and oxygen atoms in total. The molecule has 1 aliphatic heterocycles. The third kappa shape index (κ3) is 4.82. The van der Waals surface area contributed by atoms with Gasteiger partial charge in [-0.15, -0.1) is 11.3 Å². The molecule has 4 N–H and O–H groups in total. The number of anilines is 4. The van der Waals surface area contributed by atoms with Crippen molar-refractivity contribution in [1.82, 2.24) is 9.97 Å². The van der Waals surface area contributed by atoms with Crippen LogP contribution in [0.25, 0.3) is 10.2 Å². The number of primary amides is 1. The molecule has 4 aliphatic rings. The zero-order valence-corrected chi connectivity index (χ0v) is 23.5. The molecule has 7 rings (SSSR count). The van der Waals surface area contributed by atoms with Crippen molar-refractivity contribution in [2.24, 2.45) is 35.3 Å². The summed E-state index contributed by atoms with van der Waals surface area (Å²) in [5, 5.41) is 8.73. The maximum Gasteiger partial charge on any atom is 0.229 e. The fourth-order valence-electron chi connectivity index (χ4n) is 7.77. The molecule has 1 amide bonds. The summed E-state index contributed by atoms with van der Waals surface area (Å²) in [6, 6.07) is 7.18. The molecule has 210 valence electrons. The van der Waals surface area contributed by atoms with Gasteiger partial charge in [-0.1, -0.05) is 44.3 Å². The smallest absolute Gasteiger partial charge is 0.229 e. The molecule has 3 aromatic rings. The molecular weight excluding hydrogens is 523 g/mol. The SMILES string of the molecule is NC(=O)C1C2C=CC(C2)C1Nc1nc(Nc2ccc(N3CCC(C4CCCCC4)CC3)c(F)c2)nc2ccsc12. The number of fused-ring (bicyclic) bond motifs is 3. The Kier molecular flexibility index (Phi) is 6.86. The maximum absolute atomic E-state index is 15.4. The van der Waals surface area contributed by atoms with E-state index >= 15 is 4.39 Å². The largest absolute Gasteiger partial charge is 0.369 e. The van der Waals surface area contributed by atoms with Gasteiger partial charge in [0.1, 0.15) is 11.6 Å². The highest BCUT2D eigenvalue weighted by Gasteiger charge is 2.47. The van der Waals surface area contributed by atoms with E-state index in [1.165, 1.54) is 32.1 Å². The number of nitrogens with zero attached hydrogens (tertiary/aromatic N) is 3. The number of allylic oxidation sites excluding steroid dienone is 1. The molecule has 3 heterocycles. The molecule has 2 bridgehead atoms. The Morgan fingerprint density at radius 3 is 2.55 bits per heavy atom. The van der Waals surface area contributed by atoms with Crippen LogP contribution >= 0.6 is 11.3 Å². The second kappa shape index (κ2) is 10.7. The second-order valence-corrected chi connectivity index (χ2v) is 13.0. The summed E-state index contributed by atoms with van der Waals surface area (Å²) in [6.07, 6.45) is 14.4. The van der Waals surface area contributed by atoms with Crippen molar-refractivity contribution in [2.75, 3.05) is 28.6 Å². The van der Waals surface area contributed by atoms with Gasteiger partial charge >= 0.3 is 0 Å². The number of amides is 1. The van der Waals surface area contributed by atoms with E-state index in [2.05, 4.69) is 32.7 Å². The van der Waals surface area contributed by atoms with Crippen LogP contribution in [0.3, 0.4) is 0 Å². The van der Waals surface area contributed by atoms with E-state index in [0.29, 0.717) is 23.1 Å². The predicted octanol–water partition coefficient (Wildman–Crippen LogP) is 6.46. The van der Waals surface area contributed by atoms with Crippen molar-refractivity contribution < 1.29 is 9.18 Å². The Morgan fingerprint density at radius 2 is 1.77 bits per heavy atom. The van der Waals surface area contributed by atoms with E-state index in [-0.39, 0.29) is 35.5 Å². The normalized spacial score (nSPS) is 27.0. The zero-order valence-electron chi connectivity index (χ0n) is 22.7. The lowest BCUT2D eigenvalue weighted by Crippen LogP contribution is -2.41. The Bertz CT molecular complexity index is 1430. The molecule has 4 atom stereocenters. The summed E-state index contributed by atoms with van der Waals surface area (Å²) in [6.45, 7) is 1.84. The van der Waals surface area contributed by atoms with Crippen LogP contribution in [0.15, 0.2) is 41.8 Å². The minimum atomic E-state index is -0.280. The number of thiophene rings is 1. The summed E-state index contributed by atoms with van der Waals surface area (Å²) in [5.74, 6) is 2.39. The first-order valence-corrected chi connectivity index (χ1v) is 15.7. The molecule has 3 fully saturated rings. The topological polar surface area (TPSA) is 96.2 Å². The van der Waals surface area contributed by atoms with E-state index in [0.717, 1.165) is 54.4 Å². The third-order valence-corrected chi connectivity index (χ3v) is 10.7. The van der Waals surface area contributed by atoms with Gasteiger partial charge < -0.3 is 21.3 Å². The Hall–Kier alpha value is -3.20. The van der Waals surface area contributed by atoms with Crippen molar-refractivity contribution >= 4 is 50.6 Å². The predicted molar refractivity (Wildman–Crippen MR) is 159 cm³/mol. The number of nitrogens with one attached hydrogen (secondary N) is 2. The number of hydrogen-bond donors (Lipinski definition) is 3. The molecule has 2 saturated carbocycles. The summed E-state index contributed by atoms with van der Waals surface area (Å²) >= 11 is 1.56. The van der Waals surface area contributed by atoms with Crippen LogP contribution in [-0.4, -0.2) is 35.0 Å². The fourth-order valence-corrected chi connectivity index (χ4v) is 8.55. The van der Waals surface area contributed by atoms with Crippen LogP contribution in [0.1, 0.15) is 51.4 Å². The Balaban J connectivity index is 1.06. The summed E-state index contributed by atoms with van der Waals surface area (Å²) < 4.78 is 16.3. The monoisotopic (exact) mass is 560 g/mol. The minimum Gasteiger partial charge on any atom is -0.369 e. The number of nitrogens with two attached hydrogens (primary N) is 1. The average molecular weight is 561 g/mol. The van der Waals surface area contributed by atoms with E-state index in [4.69, 9.17) is 10.7 Å². The molecule has 2 aromatic heterocycles. The van der Waals surface area contributed by atoms with Crippen LogP contribution in [-0.2, 0) is 4.79 Å². The lowest BCUT2D eigenvalue weighted by molar-refractivity contribution is -0.122. The van der Waals surface area contributed by atoms with E-state index < -0.39 is 0 Å². The van der Waals surface area contributed by atoms with Gasteiger partial charge in [-0.2, -0.15) is 4.98 Å². The number of halogens is 1. The average Bonchev–Trinajstić information content (AvgIpc) is 3.71. The van der Waals surface area contributed by atoms with Crippen molar-refractivity contribution in [3.8, 4) is 0 Å². The molecule has 1 aromatic carbocycles. The van der Waals surface area contributed by atoms with Crippen LogP contribution in [0.2, 0.25) is 0 Å². The zero-order chi connectivity index (χ0) is 27.2. The standard InChI is InChI=1S/C31H37FN6OS/c32-23-17-22(8-9-25(23)38-13-10-19(11-14-38)18-4-2-1-3-5-18)34-31-35-24-12-15-40-28(24)30(37-31)36-27-21-7-6-20(16-21)26(27)29(33)39/h6-9,12,15,17-21,26-27H,1-5,10-11,13-14,16H2,(H2,33,39)(H2,34,35,36,37). The molecule has 4 unspecified atom stereocenters. The molecule has 0 radical (unpaired) electrons. The van der Waals surface area contributed by atoms with Gasteiger partial charge in [-0.3, -0.25) is 4.79 Å². The quantitative estimate of drug-likeness (QED) is 0.287. The number of piperidine rings is 1. The van der Waals surface area contributed by atoms with Crippen molar-refractivity contribution in [1.29, 1.82) is 0 Å². The van der Waals surface area contributed by atoms with Crippen LogP contribution in [0.5, 0.6) is 0 Å². The van der Waals surface area contributed by atoms with Gasteiger partial charge in [0.05, 0.1) is 21.8 Å². The van der Waals surface area contributed by atoms with Crippen molar-refractivity contribution in [3.05, 3.63) is 47.6 Å². The van der Waals surface area contributed by atoms with Crippen molar-refractivity contribution in [3.63, 3.8) is 0 Å². The first kappa shape index (κ1) is 25.7. The van der Waals surface area contributed by atoms with Crippen LogP contribution < -0.4 is 21.3 Å². The van der Waals surface area contributed by atoms with Gasteiger partial charge in [0.2, 0.25) is 11.9 Å². The van der Waals surface area contributed by atoms with E-state index in [9.17, 15) is 4.79 Å². The van der Waals surface area contributed by atoms with Crippen LogP contribution in [0, 0.1) is 35.4 Å². The highest BCUT2D eigenvalue weighted by atomic mass is 32.1. The van der Waals surface area contributed by atoms with Gasteiger partial charge in [0.15, 0.2) is 0 Å². The Morgan fingerprint density at radius 1 is 1.00 bits per heavy atom. The highest BCUT2D eigenvalue weighted by molar-refractivity contribution is 7.17. The number of hydrogen-bond acceptors (Lipinski definition) is 7. The molecule has 0 spiro atoms. The number of aromatic nitrogens is 2. The van der Waals surface area contributed by atoms with Crippen molar-refractivity contribution in [2.45, 2.75) is 57.4 Å². The first-order chi connectivity index (χ1) is 19.5. The molecule has 3 aliphatic carbocycles. The lowest BCUT2D eigenvalue weighted by atomic mass is 9.76. The van der Waals surface area contributed by atoms with E-state index in [1.54, 1.807) is 17.4 Å². The highest BCUT2D eigenvalue weighted by Crippen LogP contribution is 2.45. The lowest BCUT2D eigenvalue weighted by Gasteiger charge is -2.38. The molecule has 40 heavy (non-hydrogen) atoms. The van der Waals surface area contributed by atoms with Gasteiger partial charge in [-0.25, -0.2) is 9.37 Å². The third-order valence-electron chi connectivity index (χ3n) is 9.80. The second-order valence-electron chi connectivity index (χ2n) is 12.1. The van der Waals surface area contributed by atoms with Gasteiger partial charge in [0, 0.05) is 24.8 Å². The first-order valence-electron chi connectivity index (χ1n) is 14.8. The number of rotatable bonds is 7. The molecule has 9 heteroatoms. The van der Waals surface area contributed by atoms with Crippen LogP contribution in [0.4, 0.5) is 27.5 Å². The minimum absolute atomic E-state index is 0.0977. The summed E-state index contributed by atoms with van der Waals surface area (Å²) in [5.41, 5.74) is 7.86. The van der Waals surface area contributed by atoms with Gasteiger partial charge in [0.25, 0.3) is 0 Å². The maximum atomic E-state index is 15.4. The number of benzene rings is 1. The number of carbonyl (C=O) groups is 1.